The van der Waals surface area contributed by atoms with Gasteiger partial charge in [-0.15, -0.1) is 0 Å². The third kappa shape index (κ3) is 3.99. The summed E-state index contributed by atoms with van der Waals surface area (Å²) in [5.41, 5.74) is 2.66. The van der Waals surface area contributed by atoms with E-state index in [4.69, 9.17) is 9.15 Å². The lowest BCUT2D eigenvalue weighted by Gasteiger charge is -2.06. The predicted octanol–water partition coefficient (Wildman–Crippen LogP) is 4.28. The van der Waals surface area contributed by atoms with Crippen LogP contribution >= 0.6 is 11.3 Å². The first-order valence-corrected chi connectivity index (χ1v) is 9.54. The number of nitrogens with zero attached hydrogens (tertiary/aromatic N) is 1. The highest BCUT2D eigenvalue weighted by atomic mass is 32.1. The van der Waals surface area contributed by atoms with Crippen LogP contribution in [0.15, 0.2) is 63.8 Å². The molecule has 0 radical (unpaired) electrons. The molecular weight excluding hydrogens is 376 g/mol. The van der Waals surface area contributed by atoms with Crippen LogP contribution in [0.1, 0.15) is 21.9 Å². The van der Waals surface area contributed by atoms with Crippen LogP contribution < -0.4 is 9.61 Å². The molecule has 2 N–H and O–H groups in total. The first-order chi connectivity index (χ1) is 13.6. The van der Waals surface area contributed by atoms with Gasteiger partial charge < -0.3 is 14.3 Å². The van der Waals surface area contributed by atoms with Gasteiger partial charge in [0.15, 0.2) is 0 Å². The summed E-state index contributed by atoms with van der Waals surface area (Å²) in [5, 5.41) is 9.68. The normalized spacial score (nSPS) is 10.9. The molecule has 4 aromatic rings. The van der Waals surface area contributed by atoms with Crippen molar-refractivity contribution >= 4 is 11.3 Å². The predicted molar refractivity (Wildman–Crippen MR) is 107 cm³/mol. The van der Waals surface area contributed by atoms with E-state index in [0.29, 0.717) is 29.5 Å². The van der Waals surface area contributed by atoms with Crippen LogP contribution in [0.5, 0.6) is 11.6 Å². The molecule has 28 heavy (non-hydrogen) atoms. The molecule has 0 spiro atoms. The van der Waals surface area contributed by atoms with Gasteiger partial charge in [-0.25, -0.2) is 4.98 Å². The second-order valence-corrected chi connectivity index (χ2v) is 7.35. The van der Waals surface area contributed by atoms with Crippen molar-refractivity contribution in [2.45, 2.75) is 20.0 Å². The Morgan fingerprint density at radius 2 is 1.89 bits per heavy atom. The van der Waals surface area contributed by atoms with Crippen LogP contribution in [0, 0.1) is 6.92 Å². The number of hydrogen-bond donors (Lipinski definition) is 2. The van der Waals surface area contributed by atoms with E-state index >= 15 is 0 Å². The fraction of sp³-hybridized carbons (Fsp3) is 0.143. The summed E-state index contributed by atoms with van der Waals surface area (Å²) in [6, 6.07) is 17.3. The van der Waals surface area contributed by atoms with Crippen LogP contribution in [0.25, 0.3) is 11.5 Å². The first kappa shape index (κ1) is 18.1. The minimum Gasteiger partial charge on any atom is -0.494 e. The van der Waals surface area contributed by atoms with Gasteiger partial charge in [0, 0.05) is 12.0 Å². The van der Waals surface area contributed by atoms with Gasteiger partial charge in [0.25, 0.3) is 0 Å². The Labute approximate surface area is 165 Å². The molecule has 0 aliphatic rings. The summed E-state index contributed by atoms with van der Waals surface area (Å²) in [6.07, 6.45) is 0.484. The number of aryl methyl sites for hydroxylation is 1. The third-order valence-corrected chi connectivity index (χ3v) is 5.15. The summed E-state index contributed by atoms with van der Waals surface area (Å²) < 4.78 is 11.6. The van der Waals surface area contributed by atoms with Crippen LogP contribution in [0.4, 0.5) is 0 Å². The maximum atomic E-state index is 11.3. The second kappa shape index (κ2) is 7.74. The van der Waals surface area contributed by atoms with Gasteiger partial charge >= 0.3 is 4.87 Å². The standard InChI is InChI=1S/C21H18N2O4S/c1-13-17(22-20(27-13)15-5-3-2-4-6-15)12-26-16-9-7-14(8-10-16)11-18-19(24)23-21(25)28-18/h2-10,24H,11-12H2,1H3,(H,23,25). The number of H-pyrrole nitrogens is 1. The Bertz CT molecular complexity index is 1130. The minimum absolute atomic E-state index is 0.0638. The zero-order chi connectivity index (χ0) is 19.5. The van der Waals surface area contributed by atoms with Crippen molar-refractivity contribution in [1.82, 2.24) is 9.97 Å². The largest absolute Gasteiger partial charge is 0.494 e. The van der Waals surface area contributed by atoms with Gasteiger partial charge in [-0.2, -0.15) is 0 Å². The third-order valence-electron chi connectivity index (χ3n) is 4.28. The molecule has 0 unspecified atom stereocenters. The molecule has 2 heterocycles. The molecule has 0 bridgehead atoms. The molecule has 6 nitrogen and oxygen atoms in total. The number of nitrogens with one attached hydrogen (secondary N) is 1. The lowest BCUT2D eigenvalue weighted by Crippen LogP contribution is -1.98. The van der Waals surface area contributed by atoms with Crippen molar-refractivity contribution in [3.05, 3.63) is 86.2 Å². The first-order valence-electron chi connectivity index (χ1n) is 8.73. The molecular formula is C21H18N2O4S. The molecule has 4 rings (SSSR count). The molecule has 0 aliphatic heterocycles. The lowest BCUT2D eigenvalue weighted by atomic mass is 10.1. The highest BCUT2D eigenvalue weighted by Gasteiger charge is 2.12. The van der Waals surface area contributed by atoms with Gasteiger partial charge in [0.05, 0.1) is 4.88 Å². The number of benzene rings is 2. The summed E-state index contributed by atoms with van der Waals surface area (Å²) >= 11 is 1.01. The number of aromatic nitrogens is 2. The van der Waals surface area contributed by atoms with E-state index in [9.17, 15) is 9.90 Å². The van der Waals surface area contributed by atoms with E-state index in [1.54, 1.807) is 0 Å². The van der Waals surface area contributed by atoms with Crippen molar-refractivity contribution in [3.63, 3.8) is 0 Å². The molecule has 142 valence electrons. The summed E-state index contributed by atoms with van der Waals surface area (Å²) in [4.78, 5) is 18.5. The molecule has 2 aromatic heterocycles. The van der Waals surface area contributed by atoms with E-state index < -0.39 is 0 Å². The number of hydrogen-bond acceptors (Lipinski definition) is 6. The molecule has 0 amide bonds. The van der Waals surface area contributed by atoms with E-state index in [-0.39, 0.29) is 10.8 Å². The van der Waals surface area contributed by atoms with E-state index in [1.807, 2.05) is 61.5 Å². The van der Waals surface area contributed by atoms with Crippen LogP contribution in [-0.4, -0.2) is 15.1 Å². The molecule has 0 saturated carbocycles. The van der Waals surface area contributed by atoms with Gasteiger partial charge in [-0.05, 0) is 36.8 Å². The summed E-state index contributed by atoms with van der Waals surface area (Å²) in [5.74, 6) is 1.95. The minimum atomic E-state index is -0.259. The van der Waals surface area contributed by atoms with Gasteiger partial charge in [-0.3, -0.25) is 9.78 Å². The molecule has 0 saturated heterocycles. The van der Waals surface area contributed by atoms with Crippen molar-refractivity contribution in [1.29, 1.82) is 0 Å². The Hall–Kier alpha value is -3.32. The summed E-state index contributed by atoms with van der Waals surface area (Å²) in [7, 11) is 0. The maximum absolute atomic E-state index is 11.3. The highest BCUT2D eigenvalue weighted by molar-refractivity contribution is 7.09. The number of aromatic amines is 1. The number of oxazole rings is 1. The van der Waals surface area contributed by atoms with E-state index in [2.05, 4.69) is 9.97 Å². The lowest BCUT2D eigenvalue weighted by molar-refractivity contribution is 0.299. The number of aromatic hydroxyl groups is 1. The second-order valence-electron chi connectivity index (χ2n) is 6.28. The Morgan fingerprint density at radius 3 is 2.57 bits per heavy atom. The van der Waals surface area contributed by atoms with Crippen LogP contribution in [-0.2, 0) is 13.0 Å². The number of thiazole rings is 1. The number of ether oxygens (including phenoxy) is 1. The Morgan fingerprint density at radius 1 is 1.14 bits per heavy atom. The zero-order valence-corrected chi connectivity index (χ0v) is 16.0. The van der Waals surface area contributed by atoms with Gasteiger partial charge in [-0.1, -0.05) is 41.7 Å². The maximum Gasteiger partial charge on any atom is 0.307 e. The Kier molecular flexibility index (Phi) is 4.99. The van der Waals surface area contributed by atoms with Gasteiger partial charge in [0.2, 0.25) is 11.8 Å². The zero-order valence-electron chi connectivity index (χ0n) is 15.1. The average molecular weight is 394 g/mol. The van der Waals surface area contributed by atoms with Crippen LogP contribution in [0.2, 0.25) is 0 Å². The van der Waals surface area contributed by atoms with Crippen LogP contribution in [0.3, 0.4) is 0 Å². The smallest absolute Gasteiger partial charge is 0.307 e. The van der Waals surface area contributed by atoms with Crippen molar-refractivity contribution in [3.8, 4) is 23.1 Å². The van der Waals surface area contributed by atoms with Crippen molar-refractivity contribution in [2.24, 2.45) is 0 Å². The molecule has 0 atom stereocenters. The van der Waals surface area contributed by atoms with Crippen molar-refractivity contribution in [2.75, 3.05) is 0 Å². The molecule has 0 fully saturated rings. The fourth-order valence-electron chi connectivity index (χ4n) is 2.78. The quantitative estimate of drug-likeness (QED) is 0.510. The van der Waals surface area contributed by atoms with E-state index in [0.717, 1.165) is 33.9 Å². The topological polar surface area (TPSA) is 88.4 Å². The SMILES string of the molecule is Cc1oc(-c2ccccc2)nc1COc1ccc(Cc2sc(=O)[nH]c2O)cc1. The summed E-state index contributed by atoms with van der Waals surface area (Å²) in [6.45, 7) is 2.18. The fourth-order valence-corrected chi connectivity index (χ4v) is 3.54. The van der Waals surface area contributed by atoms with Gasteiger partial charge in [0.1, 0.15) is 23.8 Å². The number of rotatable bonds is 6. The van der Waals surface area contributed by atoms with Crippen molar-refractivity contribution < 1.29 is 14.3 Å². The Balaban J connectivity index is 1.41. The van der Waals surface area contributed by atoms with E-state index in [1.165, 1.54) is 0 Å². The molecule has 0 aliphatic carbocycles. The highest BCUT2D eigenvalue weighted by Crippen LogP contribution is 2.24. The molecule has 7 heteroatoms. The average Bonchev–Trinajstić information content (AvgIpc) is 3.23. The monoisotopic (exact) mass is 394 g/mol. The molecule has 2 aromatic carbocycles.